The van der Waals surface area contributed by atoms with Crippen LogP contribution in [0.4, 0.5) is 0 Å². The van der Waals surface area contributed by atoms with E-state index in [1.165, 1.54) is 0 Å². The van der Waals surface area contributed by atoms with Crippen LogP contribution in [-0.4, -0.2) is 28.0 Å². The van der Waals surface area contributed by atoms with Crippen molar-refractivity contribution in [1.29, 1.82) is 0 Å². The fourth-order valence-corrected chi connectivity index (χ4v) is 0.743. The van der Waals surface area contributed by atoms with Gasteiger partial charge in [0.2, 0.25) is 4.32 Å². The van der Waals surface area contributed by atoms with E-state index in [-0.39, 0.29) is 13.0 Å². The summed E-state index contributed by atoms with van der Waals surface area (Å²) < 4.78 is 3.01. The van der Waals surface area contributed by atoms with E-state index in [9.17, 15) is 9.59 Å². The minimum absolute atomic E-state index is 0.154. The van der Waals surface area contributed by atoms with Gasteiger partial charge in [-0.1, -0.05) is 22.9 Å². The summed E-state index contributed by atoms with van der Waals surface area (Å²) >= 11 is 2.84. The molecule has 0 saturated heterocycles. The molecule has 1 unspecified atom stereocenters. The van der Waals surface area contributed by atoms with Crippen LogP contribution in [0.1, 0.15) is 20.3 Å². The summed E-state index contributed by atoms with van der Waals surface area (Å²) in [7, 11) is 0. The van der Waals surface area contributed by atoms with Gasteiger partial charge in [-0.3, -0.25) is 4.79 Å². The van der Waals surface area contributed by atoms with Crippen LogP contribution >= 0.6 is 15.9 Å². The molecule has 0 aromatic carbocycles. The molecule has 0 aliphatic carbocycles. The topological polar surface area (TPSA) is 63.6 Å². The first-order chi connectivity index (χ1) is 5.49. The predicted molar refractivity (Wildman–Crippen MR) is 46.2 cm³/mol. The highest BCUT2D eigenvalue weighted by Crippen LogP contribution is 2.24. The third-order valence-corrected chi connectivity index (χ3v) is 2.65. The number of esters is 1. The highest BCUT2D eigenvalue weighted by molar-refractivity contribution is 9.10. The molecule has 0 aliphatic rings. The number of rotatable bonds is 4. The fourth-order valence-electron chi connectivity index (χ4n) is 0.628. The Bertz CT molecular complexity index is 192. The third kappa shape index (κ3) is 2.20. The van der Waals surface area contributed by atoms with Crippen LogP contribution in [-0.2, 0) is 14.3 Å². The lowest BCUT2D eigenvalue weighted by atomic mass is 10.1. The van der Waals surface area contributed by atoms with E-state index in [1.54, 1.807) is 13.8 Å². The van der Waals surface area contributed by atoms with E-state index in [2.05, 4.69) is 20.7 Å². The summed E-state index contributed by atoms with van der Waals surface area (Å²) in [6, 6.07) is 0. The smallest absolute Gasteiger partial charge is 0.334 e. The Morgan fingerprint density at radius 2 is 2.00 bits per heavy atom. The molecule has 0 rings (SSSR count). The van der Waals surface area contributed by atoms with Crippen LogP contribution < -0.4 is 0 Å². The Morgan fingerprint density at radius 3 is 2.25 bits per heavy atom. The molecule has 1 atom stereocenters. The van der Waals surface area contributed by atoms with Crippen LogP contribution in [0.5, 0.6) is 0 Å². The molecule has 0 aromatic rings. The Morgan fingerprint density at radius 1 is 1.50 bits per heavy atom. The van der Waals surface area contributed by atoms with Gasteiger partial charge < -0.3 is 9.84 Å². The summed E-state index contributed by atoms with van der Waals surface area (Å²) in [5.41, 5.74) is 0. The summed E-state index contributed by atoms with van der Waals surface area (Å²) in [6.07, 6.45) is 0.154. The van der Waals surface area contributed by atoms with E-state index in [0.717, 1.165) is 0 Å². The maximum absolute atomic E-state index is 11.1. The third-order valence-electron chi connectivity index (χ3n) is 1.43. The van der Waals surface area contributed by atoms with Crippen molar-refractivity contribution in [1.82, 2.24) is 0 Å². The van der Waals surface area contributed by atoms with Gasteiger partial charge in [0.1, 0.15) is 0 Å². The second-order valence-electron chi connectivity index (χ2n) is 2.18. The van der Waals surface area contributed by atoms with E-state index < -0.39 is 16.3 Å². The van der Waals surface area contributed by atoms with Crippen LogP contribution in [0.3, 0.4) is 0 Å². The van der Waals surface area contributed by atoms with Crippen molar-refractivity contribution in [3.8, 4) is 0 Å². The van der Waals surface area contributed by atoms with Crippen molar-refractivity contribution in [3.63, 3.8) is 0 Å². The zero-order valence-corrected chi connectivity index (χ0v) is 8.55. The second-order valence-corrected chi connectivity index (χ2v) is 3.53. The molecular formula is C7H11BrO4. The molecule has 0 fully saturated rings. The fraction of sp³-hybridized carbons (Fsp3) is 0.714. The van der Waals surface area contributed by atoms with Crippen molar-refractivity contribution in [2.45, 2.75) is 24.6 Å². The number of hydrogen-bond acceptors (Lipinski definition) is 3. The zero-order chi connectivity index (χ0) is 9.78. The normalized spacial score (nSPS) is 14.9. The highest BCUT2D eigenvalue weighted by atomic mass is 79.9. The van der Waals surface area contributed by atoms with E-state index >= 15 is 0 Å². The molecule has 0 aliphatic heterocycles. The molecule has 12 heavy (non-hydrogen) atoms. The van der Waals surface area contributed by atoms with Gasteiger partial charge in [-0.2, -0.15) is 0 Å². The van der Waals surface area contributed by atoms with Crippen molar-refractivity contribution < 1.29 is 19.4 Å². The lowest BCUT2D eigenvalue weighted by Gasteiger charge is -2.17. The summed E-state index contributed by atoms with van der Waals surface area (Å²) in [6.45, 7) is 3.40. The first-order valence-electron chi connectivity index (χ1n) is 3.58. The largest absolute Gasteiger partial charge is 0.480 e. The maximum Gasteiger partial charge on any atom is 0.334 e. The van der Waals surface area contributed by atoms with Crippen LogP contribution in [0, 0.1) is 0 Å². The minimum Gasteiger partial charge on any atom is -0.480 e. The number of aliphatic carboxylic acids is 1. The summed E-state index contributed by atoms with van der Waals surface area (Å²) in [4.78, 5) is 21.7. The van der Waals surface area contributed by atoms with Crippen LogP contribution in [0.15, 0.2) is 0 Å². The van der Waals surface area contributed by atoms with Gasteiger partial charge >= 0.3 is 11.9 Å². The summed E-state index contributed by atoms with van der Waals surface area (Å²) in [5.74, 6) is -1.97. The number of alkyl halides is 1. The second kappa shape index (κ2) is 4.45. The van der Waals surface area contributed by atoms with Crippen molar-refractivity contribution in [2.24, 2.45) is 0 Å². The number of carbonyl (C=O) groups is 2. The number of ether oxygens (including phenoxy) is 1. The number of hydrogen-bond donors (Lipinski definition) is 1. The van der Waals surface area contributed by atoms with E-state index in [1.807, 2.05) is 0 Å². The molecule has 0 saturated carbocycles. The molecule has 0 amide bonds. The SMILES string of the molecule is CCOC(=O)C(Br)(CC)C(=O)O. The van der Waals surface area contributed by atoms with Gasteiger partial charge in [-0.05, 0) is 13.3 Å². The molecule has 0 bridgehead atoms. The quantitative estimate of drug-likeness (QED) is 0.454. The molecule has 0 aromatic heterocycles. The van der Waals surface area contributed by atoms with Crippen LogP contribution in [0.25, 0.3) is 0 Å². The first-order valence-corrected chi connectivity index (χ1v) is 4.37. The Labute approximate surface area is 79.0 Å². The van der Waals surface area contributed by atoms with Gasteiger partial charge in [0.25, 0.3) is 0 Å². The van der Waals surface area contributed by atoms with Crippen molar-refractivity contribution in [2.75, 3.05) is 6.61 Å². The standard InChI is InChI=1S/C7H11BrO4/c1-3-7(8,5(9)10)6(11)12-4-2/h3-4H2,1-2H3,(H,9,10). The van der Waals surface area contributed by atoms with Gasteiger partial charge in [0.15, 0.2) is 0 Å². The van der Waals surface area contributed by atoms with Crippen molar-refractivity contribution in [3.05, 3.63) is 0 Å². The number of carbonyl (C=O) groups excluding carboxylic acids is 1. The lowest BCUT2D eigenvalue weighted by molar-refractivity contribution is -0.155. The molecule has 0 heterocycles. The molecule has 4 nitrogen and oxygen atoms in total. The Kier molecular flexibility index (Phi) is 4.23. The molecule has 0 spiro atoms. The number of carboxylic acids is 1. The van der Waals surface area contributed by atoms with Crippen molar-refractivity contribution >= 4 is 27.9 Å². The highest BCUT2D eigenvalue weighted by Gasteiger charge is 2.43. The van der Waals surface area contributed by atoms with Gasteiger partial charge in [0, 0.05) is 0 Å². The minimum atomic E-state index is -1.58. The van der Waals surface area contributed by atoms with E-state index in [4.69, 9.17) is 5.11 Å². The van der Waals surface area contributed by atoms with Gasteiger partial charge in [-0.15, -0.1) is 0 Å². The lowest BCUT2D eigenvalue weighted by Crippen LogP contribution is -2.41. The number of carboxylic acid groups (broad SMARTS) is 1. The molecular weight excluding hydrogens is 228 g/mol. The molecule has 5 heteroatoms. The van der Waals surface area contributed by atoms with E-state index in [0.29, 0.717) is 0 Å². The zero-order valence-electron chi connectivity index (χ0n) is 6.96. The first kappa shape index (κ1) is 11.4. The maximum atomic E-state index is 11.1. The summed E-state index contributed by atoms with van der Waals surface area (Å²) in [5, 5.41) is 8.68. The van der Waals surface area contributed by atoms with Gasteiger partial charge in [-0.25, -0.2) is 4.79 Å². The molecule has 1 N–H and O–H groups in total. The average Bonchev–Trinajstić information content (AvgIpc) is 2.03. The molecule has 0 radical (unpaired) electrons. The van der Waals surface area contributed by atoms with Gasteiger partial charge in [0.05, 0.1) is 6.61 Å². The predicted octanol–water partition coefficient (Wildman–Crippen LogP) is 1.18. The van der Waals surface area contributed by atoms with Crippen LogP contribution in [0.2, 0.25) is 0 Å². The molecule has 70 valence electrons. The monoisotopic (exact) mass is 238 g/mol. The average molecular weight is 239 g/mol. The number of halogens is 1. The Balaban J connectivity index is 4.52. The Hall–Kier alpha value is -0.580.